The number of aliphatic hydroxyl groups excluding tert-OH is 1. The zero-order chi connectivity index (χ0) is 16.6. The highest BCUT2D eigenvalue weighted by molar-refractivity contribution is 8.00. The lowest BCUT2D eigenvalue weighted by molar-refractivity contribution is -0.150. The van der Waals surface area contributed by atoms with Crippen molar-refractivity contribution in [3.8, 4) is 0 Å². The number of carbonyl (C=O) groups is 3. The average molecular weight is 343 g/mol. The highest BCUT2D eigenvalue weighted by Gasteiger charge is 2.54. The number of thioether (sulfide) groups is 1. The van der Waals surface area contributed by atoms with Crippen LogP contribution in [-0.2, 0) is 20.9 Å². The van der Waals surface area contributed by atoms with Gasteiger partial charge >= 0.3 is 5.97 Å². The van der Waals surface area contributed by atoms with E-state index in [2.05, 4.69) is 20.8 Å². The van der Waals surface area contributed by atoms with Crippen LogP contribution in [0.15, 0.2) is 17.6 Å². The van der Waals surface area contributed by atoms with Crippen molar-refractivity contribution in [3.63, 3.8) is 0 Å². The van der Waals surface area contributed by atoms with Gasteiger partial charge in [0.05, 0.1) is 6.61 Å². The van der Waals surface area contributed by atoms with Gasteiger partial charge < -0.3 is 15.5 Å². The molecule has 11 nitrogen and oxygen atoms in total. The summed E-state index contributed by atoms with van der Waals surface area (Å²) in [6.07, 6.45) is 1.27. The van der Waals surface area contributed by atoms with Gasteiger partial charge in [-0.25, -0.2) is 9.48 Å². The Kier molecular flexibility index (Phi) is 4.00. The summed E-state index contributed by atoms with van der Waals surface area (Å²) in [6.45, 7) is -0.570. The van der Waals surface area contributed by atoms with E-state index in [9.17, 15) is 24.6 Å². The number of hydrogen-bond donors (Lipinski definition) is 3. The number of hydrogen-bond acceptors (Lipinski definition) is 8. The molecule has 1 saturated heterocycles. The van der Waals surface area contributed by atoms with Gasteiger partial charge in [-0.15, -0.1) is 16.9 Å². The molecule has 12 heteroatoms. The lowest BCUT2D eigenvalue weighted by Gasteiger charge is -2.49. The molecule has 23 heavy (non-hydrogen) atoms. The number of amides is 2. The molecule has 3 N–H and O–H groups in total. The Bertz CT molecular complexity index is 689. The van der Waals surface area contributed by atoms with Gasteiger partial charge in [0.1, 0.15) is 30.0 Å². The molecule has 0 spiro atoms. The van der Waals surface area contributed by atoms with Crippen molar-refractivity contribution in [2.75, 3.05) is 12.4 Å². The summed E-state index contributed by atoms with van der Waals surface area (Å²) in [4.78, 5) is 36.5. The Morgan fingerprint density at radius 2 is 2.26 bits per heavy atom. The summed E-state index contributed by atoms with van der Waals surface area (Å²) >= 11 is 1.29. The van der Waals surface area contributed by atoms with Gasteiger partial charge in [0, 0.05) is 5.75 Å². The van der Waals surface area contributed by atoms with Gasteiger partial charge in [-0.05, 0) is 16.0 Å². The average Bonchev–Trinajstić information content (AvgIpc) is 3.03. The van der Waals surface area contributed by atoms with E-state index in [1.54, 1.807) is 0 Å². The molecule has 1 aromatic rings. The molecule has 0 aliphatic carbocycles. The van der Waals surface area contributed by atoms with Crippen LogP contribution >= 0.6 is 11.8 Å². The maximum Gasteiger partial charge on any atom is 0.352 e. The standard InChI is InChI=1S/C11H12N6O5S/c18-2-5-3-23-10-7(9(20)17(10)8(5)11(21)22)13-6(19)1-16-4-12-14-15-16/h4,7,10,18H,1-3H2,(H,13,19)(H,21,22)/t7-,10-/m1/s1/i1+1,6+1,16+1. The third-order valence-electron chi connectivity index (χ3n) is 3.45. The van der Waals surface area contributed by atoms with Crippen molar-refractivity contribution in [2.24, 2.45) is 0 Å². The number of carboxylic acid groups (broad SMARTS) is 1. The van der Waals surface area contributed by atoms with E-state index >= 15 is 0 Å². The molecule has 2 aliphatic heterocycles. The maximum absolute atomic E-state index is 12.2. The van der Waals surface area contributed by atoms with Crippen molar-refractivity contribution in [1.82, 2.24) is 30.4 Å². The van der Waals surface area contributed by atoms with Gasteiger partial charge in [0.2, 0.25) is 5.91 Å². The summed E-state index contributed by atoms with van der Waals surface area (Å²) in [5, 5.41) is 30.8. The number of aromatic nitrogens is 4. The van der Waals surface area contributed by atoms with Crippen LogP contribution in [0.5, 0.6) is 0 Å². The first-order chi connectivity index (χ1) is 11.0. The monoisotopic (exact) mass is 343 g/mol. The minimum atomic E-state index is -1.27. The largest absolute Gasteiger partial charge is 0.477 e. The van der Waals surface area contributed by atoms with E-state index in [-0.39, 0.29) is 23.6 Å². The molecular formula is C11H12N6O5S. The van der Waals surface area contributed by atoms with Gasteiger partial charge in [0.15, 0.2) is 0 Å². The quantitative estimate of drug-likeness (QED) is 0.386. The van der Waals surface area contributed by atoms with E-state index in [1.165, 1.54) is 22.8 Å². The van der Waals surface area contributed by atoms with Crippen LogP contribution in [0.1, 0.15) is 0 Å². The highest BCUT2D eigenvalue weighted by atomic mass is 32.2. The number of carboxylic acids is 1. The minimum Gasteiger partial charge on any atom is -0.477 e. The van der Waals surface area contributed by atoms with Crippen molar-refractivity contribution < 1.29 is 24.6 Å². The van der Waals surface area contributed by atoms with Crippen molar-refractivity contribution in [1.29, 1.82) is 0 Å². The number of tetrazole rings is 1. The predicted octanol–water partition coefficient (Wildman–Crippen LogP) is -2.60. The lowest BCUT2D eigenvalue weighted by atomic mass is 10.0. The molecule has 0 unspecified atom stereocenters. The van der Waals surface area contributed by atoms with Crippen LogP contribution in [0.3, 0.4) is 0 Å². The second-order valence-electron chi connectivity index (χ2n) is 4.88. The van der Waals surface area contributed by atoms with Gasteiger partial charge in [0.25, 0.3) is 5.91 Å². The summed E-state index contributed by atoms with van der Waals surface area (Å²) in [6, 6.07) is -0.807. The van der Waals surface area contributed by atoms with Crippen LogP contribution in [0.2, 0.25) is 0 Å². The molecule has 1 fully saturated rings. The van der Waals surface area contributed by atoms with Crippen molar-refractivity contribution in [2.45, 2.75) is 18.0 Å². The summed E-state index contributed by atoms with van der Waals surface area (Å²) in [5.74, 6) is -1.96. The normalized spacial score (nSPS) is 23.3. The van der Waals surface area contributed by atoms with E-state index in [0.29, 0.717) is 0 Å². The van der Waals surface area contributed by atoms with Crippen LogP contribution in [0.4, 0.5) is 0 Å². The third kappa shape index (κ3) is 2.66. The van der Waals surface area contributed by atoms with Crippen LogP contribution in [0.25, 0.3) is 0 Å². The first-order valence-electron chi connectivity index (χ1n) is 6.54. The molecular weight excluding hydrogens is 331 g/mol. The van der Waals surface area contributed by atoms with Gasteiger partial charge in [-0.2, -0.15) is 0 Å². The Hall–Kier alpha value is -2.47. The first kappa shape index (κ1) is 15.4. The number of carbonyl (C=O) groups excluding carboxylic acids is 2. The van der Waals surface area contributed by atoms with Crippen LogP contribution < -0.4 is 5.32 Å². The fourth-order valence-corrected chi connectivity index (χ4v) is 3.76. The molecule has 2 atom stereocenters. The minimum absolute atomic E-state index is 0.141. The van der Waals surface area contributed by atoms with E-state index in [4.69, 9.17) is 0 Å². The number of aliphatic hydroxyl groups is 1. The Balaban J connectivity index is 1.69. The van der Waals surface area contributed by atoms with E-state index in [0.717, 1.165) is 4.90 Å². The lowest BCUT2D eigenvalue weighted by Crippen LogP contribution is -2.70. The Morgan fingerprint density at radius 3 is 2.87 bits per heavy atom. The molecule has 0 radical (unpaired) electrons. The second-order valence-corrected chi connectivity index (χ2v) is 5.98. The maximum atomic E-state index is 12.2. The number of aliphatic carboxylic acids is 1. The molecule has 0 aromatic carbocycles. The van der Waals surface area contributed by atoms with Crippen molar-refractivity contribution >= 4 is 29.5 Å². The molecule has 2 amide bonds. The SMILES string of the molecule is O=C(O)C1=C(CO)CS[C@@H]2[C@H](N[13C](=O)[13CH2][15n]3cnnn3)C(=O)N12. The molecule has 122 valence electrons. The summed E-state index contributed by atoms with van der Waals surface area (Å²) in [5.41, 5.74) is 0.0813. The zero-order valence-electron chi connectivity index (χ0n) is 11.6. The topological polar surface area (TPSA) is 151 Å². The van der Waals surface area contributed by atoms with Crippen molar-refractivity contribution in [3.05, 3.63) is 17.6 Å². The molecule has 3 rings (SSSR count). The summed E-state index contributed by atoms with van der Waals surface area (Å²) < 4.78 is 1.21. The molecule has 3 heterocycles. The Morgan fingerprint density at radius 1 is 1.48 bits per heavy atom. The number of β-lactam (4-membered cyclic amide) rings is 1. The number of fused-ring (bicyclic) bond motifs is 1. The third-order valence-corrected chi connectivity index (χ3v) is 4.79. The molecule has 1 aromatic heterocycles. The highest BCUT2D eigenvalue weighted by Crippen LogP contribution is 2.40. The number of rotatable bonds is 5. The zero-order valence-corrected chi connectivity index (χ0v) is 12.4. The van der Waals surface area contributed by atoms with E-state index < -0.39 is 35.8 Å². The second kappa shape index (κ2) is 5.96. The van der Waals surface area contributed by atoms with Crippen LogP contribution in [-0.4, -0.2) is 76.9 Å². The molecule has 0 saturated carbocycles. The Labute approximate surface area is 133 Å². The van der Waals surface area contributed by atoms with Gasteiger partial charge in [-0.1, -0.05) is 0 Å². The fourth-order valence-electron chi connectivity index (χ4n) is 2.42. The van der Waals surface area contributed by atoms with E-state index in [1.807, 2.05) is 0 Å². The fraction of sp³-hybridized carbons (Fsp3) is 0.455. The van der Waals surface area contributed by atoms with Gasteiger partial charge in [-0.3, -0.25) is 14.5 Å². The molecule has 2 aliphatic rings. The predicted molar refractivity (Wildman–Crippen MR) is 74.6 cm³/mol. The number of nitrogens with one attached hydrogen (secondary N) is 1. The summed E-state index contributed by atoms with van der Waals surface area (Å²) in [7, 11) is 0. The van der Waals surface area contributed by atoms with Crippen LogP contribution in [0, 0.1) is 0 Å². The smallest absolute Gasteiger partial charge is 0.352 e. The first-order valence-corrected chi connectivity index (χ1v) is 7.58. The molecule has 0 bridgehead atoms. The number of nitrogens with zero attached hydrogens (tertiary/aromatic N) is 5.